The Morgan fingerprint density at radius 1 is 1.10 bits per heavy atom. The van der Waals surface area contributed by atoms with Crippen LogP contribution in [-0.4, -0.2) is 51.7 Å². The smallest absolute Gasteiger partial charge is 0.218 e. The van der Waals surface area contributed by atoms with Crippen molar-refractivity contribution in [3.63, 3.8) is 0 Å². The molecule has 2 N–H and O–H groups in total. The van der Waals surface area contributed by atoms with Crippen LogP contribution in [0.15, 0.2) is 18.3 Å². The second-order valence-electron chi connectivity index (χ2n) is 4.25. The number of methoxy groups -OCH3 is 1. The number of aromatic nitrogens is 1. The van der Waals surface area contributed by atoms with Gasteiger partial charge in [0.15, 0.2) is 0 Å². The zero-order valence-electron chi connectivity index (χ0n) is 12.2. The van der Waals surface area contributed by atoms with E-state index in [4.69, 9.17) is 24.7 Å². The quantitative estimate of drug-likeness (QED) is 0.615. The molecule has 0 fully saturated rings. The predicted molar refractivity (Wildman–Crippen MR) is 75.8 cm³/mol. The van der Waals surface area contributed by atoms with Gasteiger partial charge in [0.2, 0.25) is 5.88 Å². The third-order valence-electron chi connectivity index (χ3n) is 2.56. The van der Waals surface area contributed by atoms with E-state index in [1.54, 1.807) is 13.3 Å². The highest BCUT2D eigenvalue weighted by Gasteiger charge is 2.08. The van der Waals surface area contributed by atoms with Gasteiger partial charge < -0.3 is 24.7 Å². The van der Waals surface area contributed by atoms with E-state index in [2.05, 4.69) is 4.98 Å². The fourth-order valence-corrected chi connectivity index (χ4v) is 1.53. The van der Waals surface area contributed by atoms with Crippen molar-refractivity contribution in [3.05, 3.63) is 23.9 Å². The van der Waals surface area contributed by atoms with E-state index in [1.165, 1.54) is 0 Å². The summed E-state index contributed by atoms with van der Waals surface area (Å²) in [4.78, 5) is 4.17. The van der Waals surface area contributed by atoms with E-state index in [1.807, 2.05) is 19.1 Å². The Hall–Kier alpha value is -1.21. The summed E-state index contributed by atoms with van der Waals surface area (Å²) in [5.74, 6) is 0.572. The van der Waals surface area contributed by atoms with Crippen molar-refractivity contribution in [2.24, 2.45) is 5.73 Å². The molecule has 1 rings (SSSR count). The van der Waals surface area contributed by atoms with Gasteiger partial charge in [0.1, 0.15) is 6.61 Å². The second-order valence-corrected chi connectivity index (χ2v) is 4.25. The van der Waals surface area contributed by atoms with Crippen LogP contribution in [0.5, 0.6) is 5.88 Å². The maximum atomic E-state index is 5.85. The molecule has 6 nitrogen and oxygen atoms in total. The Bertz CT molecular complexity index is 361. The summed E-state index contributed by atoms with van der Waals surface area (Å²) >= 11 is 0. The first-order valence-electron chi connectivity index (χ1n) is 6.73. The molecule has 0 spiro atoms. The molecule has 0 saturated heterocycles. The molecule has 1 heterocycles. The van der Waals surface area contributed by atoms with Crippen LogP contribution in [0.2, 0.25) is 0 Å². The van der Waals surface area contributed by atoms with Crippen molar-refractivity contribution < 1.29 is 18.9 Å². The van der Waals surface area contributed by atoms with Gasteiger partial charge in [-0.1, -0.05) is 6.07 Å². The fraction of sp³-hybridized carbons (Fsp3) is 0.643. The van der Waals surface area contributed by atoms with Crippen molar-refractivity contribution in [2.75, 3.05) is 46.8 Å². The minimum Gasteiger partial charge on any atom is -0.475 e. The molecule has 114 valence electrons. The van der Waals surface area contributed by atoms with Crippen LogP contribution >= 0.6 is 0 Å². The van der Waals surface area contributed by atoms with E-state index in [-0.39, 0.29) is 6.04 Å². The first kappa shape index (κ1) is 16.8. The number of ether oxygens (including phenoxy) is 4. The predicted octanol–water partition coefficient (Wildman–Crippen LogP) is 1.16. The van der Waals surface area contributed by atoms with Crippen LogP contribution in [0.4, 0.5) is 0 Å². The molecular formula is C14H24N2O4. The number of hydrogen-bond acceptors (Lipinski definition) is 6. The van der Waals surface area contributed by atoms with Gasteiger partial charge in [0.05, 0.1) is 33.0 Å². The topological polar surface area (TPSA) is 75.8 Å². The van der Waals surface area contributed by atoms with Crippen LogP contribution in [0.1, 0.15) is 18.5 Å². The standard InChI is InChI=1S/C14H24N2O4/c1-12(15)13-4-3-5-16-14(13)20-11-10-19-9-8-18-7-6-17-2/h3-5,12H,6-11,15H2,1-2H3. The lowest BCUT2D eigenvalue weighted by atomic mass is 10.1. The minimum absolute atomic E-state index is 0.103. The Morgan fingerprint density at radius 2 is 1.75 bits per heavy atom. The Kier molecular flexibility index (Phi) is 8.90. The molecule has 1 unspecified atom stereocenters. The lowest BCUT2D eigenvalue weighted by Gasteiger charge is -2.12. The van der Waals surface area contributed by atoms with E-state index >= 15 is 0 Å². The van der Waals surface area contributed by atoms with Crippen LogP contribution in [0.25, 0.3) is 0 Å². The summed E-state index contributed by atoms with van der Waals surface area (Å²) in [5.41, 5.74) is 6.74. The maximum absolute atomic E-state index is 5.85. The first-order chi connectivity index (χ1) is 9.75. The number of nitrogens with two attached hydrogens (primary N) is 1. The fourth-order valence-electron chi connectivity index (χ4n) is 1.53. The average Bonchev–Trinajstić information content (AvgIpc) is 2.46. The molecule has 0 radical (unpaired) electrons. The zero-order valence-corrected chi connectivity index (χ0v) is 12.2. The van der Waals surface area contributed by atoms with Gasteiger partial charge in [-0.05, 0) is 13.0 Å². The van der Waals surface area contributed by atoms with E-state index in [0.717, 1.165) is 5.56 Å². The molecule has 1 aromatic rings. The lowest BCUT2D eigenvalue weighted by molar-refractivity contribution is 0.0175. The van der Waals surface area contributed by atoms with Gasteiger partial charge in [-0.3, -0.25) is 0 Å². The largest absolute Gasteiger partial charge is 0.475 e. The average molecular weight is 284 g/mol. The van der Waals surface area contributed by atoms with Crippen molar-refractivity contribution in [3.8, 4) is 5.88 Å². The molecule has 0 bridgehead atoms. The third-order valence-corrected chi connectivity index (χ3v) is 2.56. The van der Waals surface area contributed by atoms with Crippen molar-refractivity contribution in [1.29, 1.82) is 0 Å². The first-order valence-corrected chi connectivity index (χ1v) is 6.73. The SMILES string of the molecule is COCCOCCOCCOc1ncccc1C(C)N. The van der Waals surface area contributed by atoms with Crippen LogP contribution < -0.4 is 10.5 Å². The van der Waals surface area contributed by atoms with E-state index < -0.39 is 0 Å². The van der Waals surface area contributed by atoms with Gasteiger partial charge >= 0.3 is 0 Å². The molecule has 1 atom stereocenters. The van der Waals surface area contributed by atoms with Gasteiger partial charge in [-0.15, -0.1) is 0 Å². The van der Waals surface area contributed by atoms with Gasteiger partial charge in [0, 0.05) is 24.9 Å². The third kappa shape index (κ3) is 6.81. The van der Waals surface area contributed by atoms with Crippen molar-refractivity contribution in [1.82, 2.24) is 4.98 Å². The number of pyridine rings is 1. The molecule has 0 aliphatic carbocycles. The van der Waals surface area contributed by atoms with Crippen LogP contribution in [0, 0.1) is 0 Å². The van der Waals surface area contributed by atoms with Gasteiger partial charge in [-0.2, -0.15) is 0 Å². The minimum atomic E-state index is -0.103. The van der Waals surface area contributed by atoms with Gasteiger partial charge in [-0.25, -0.2) is 4.98 Å². The Balaban J connectivity index is 2.10. The van der Waals surface area contributed by atoms with Crippen LogP contribution in [0.3, 0.4) is 0 Å². The molecule has 20 heavy (non-hydrogen) atoms. The van der Waals surface area contributed by atoms with Crippen molar-refractivity contribution in [2.45, 2.75) is 13.0 Å². The molecule has 0 aliphatic rings. The Morgan fingerprint density at radius 3 is 2.40 bits per heavy atom. The summed E-state index contributed by atoms with van der Waals surface area (Å²) in [6.45, 7) is 5.10. The molecule has 0 aliphatic heterocycles. The summed E-state index contributed by atoms with van der Waals surface area (Å²) < 4.78 is 21.1. The van der Waals surface area contributed by atoms with E-state index in [0.29, 0.717) is 45.5 Å². The monoisotopic (exact) mass is 284 g/mol. The zero-order chi connectivity index (χ0) is 14.6. The second kappa shape index (κ2) is 10.6. The van der Waals surface area contributed by atoms with Gasteiger partial charge in [0.25, 0.3) is 0 Å². The molecule has 0 amide bonds. The molecule has 1 aromatic heterocycles. The molecule has 0 aromatic carbocycles. The summed E-state index contributed by atoms with van der Waals surface area (Å²) in [7, 11) is 1.64. The molecule has 0 saturated carbocycles. The highest BCUT2D eigenvalue weighted by atomic mass is 16.6. The maximum Gasteiger partial charge on any atom is 0.218 e. The highest BCUT2D eigenvalue weighted by molar-refractivity contribution is 5.27. The summed E-state index contributed by atoms with van der Waals surface area (Å²) in [5, 5.41) is 0. The van der Waals surface area contributed by atoms with Crippen LogP contribution in [-0.2, 0) is 14.2 Å². The normalized spacial score (nSPS) is 12.3. The molecular weight excluding hydrogens is 260 g/mol. The number of nitrogens with zero attached hydrogens (tertiary/aromatic N) is 1. The van der Waals surface area contributed by atoms with E-state index in [9.17, 15) is 0 Å². The molecule has 6 heteroatoms. The lowest BCUT2D eigenvalue weighted by Crippen LogP contribution is -2.14. The summed E-state index contributed by atoms with van der Waals surface area (Å²) in [6.07, 6.45) is 1.69. The summed E-state index contributed by atoms with van der Waals surface area (Å²) in [6, 6.07) is 3.66. The van der Waals surface area contributed by atoms with Crippen molar-refractivity contribution >= 4 is 0 Å². The highest BCUT2D eigenvalue weighted by Crippen LogP contribution is 2.19. The number of hydrogen-bond donors (Lipinski definition) is 1. The Labute approximate surface area is 120 Å². The number of rotatable bonds is 11.